The predicted octanol–water partition coefficient (Wildman–Crippen LogP) is 4.62. The number of hydrogen-bond acceptors (Lipinski definition) is 4. The number of rotatable bonds is 8. The first kappa shape index (κ1) is 23.5. The standard InChI is InChI=1S/C28H26N4O3/c1-20-13-15-25(35-2)24(17-20)30-27(34)18-29-26(33)16-14-22-19-32(23-11-7-4-8-12-23)31-28(22)21-9-5-3-6-10-21/h3-17,19H,18H2,1-2H3,(H,29,33)(H,30,34)/b16-14+. The van der Waals surface area contributed by atoms with Crippen molar-refractivity contribution in [2.45, 2.75) is 6.92 Å². The molecule has 0 aliphatic rings. The summed E-state index contributed by atoms with van der Waals surface area (Å²) in [6, 6.07) is 25.0. The van der Waals surface area contributed by atoms with Crippen LogP contribution in [0.15, 0.2) is 91.1 Å². The monoisotopic (exact) mass is 466 g/mol. The Morgan fingerprint density at radius 3 is 2.43 bits per heavy atom. The average molecular weight is 467 g/mol. The molecule has 0 radical (unpaired) electrons. The lowest BCUT2D eigenvalue weighted by Crippen LogP contribution is -2.31. The smallest absolute Gasteiger partial charge is 0.244 e. The molecule has 7 heteroatoms. The number of aryl methyl sites for hydroxylation is 1. The quantitative estimate of drug-likeness (QED) is 0.371. The van der Waals surface area contributed by atoms with E-state index in [-0.39, 0.29) is 18.4 Å². The maximum atomic E-state index is 12.4. The van der Waals surface area contributed by atoms with Crippen LogP contribution in [0.2, 0.25) is 0 Å². The number of benzene rings is 3. The molecule has 0 spiro atoms. The van der Waals surface area contributed by atoms with Gasteiger partial charge in [-0.15, -0.1) is 0 Å². The van der Waals surface area contributed by atoms with Crippen molar-refractivity contribution in [2.24, 2.45) is 0 Å². The van der Waals surface area contributed by atoms with E-state index in [1.54, 1.807) is 16.8 Å². The van der Waals surface area contributed by atoms with E-state index < -0.39 is 0 Å². The summed E-state index contributed by atoms with van der Waals surface area (Å²) in [7, 11) is 1.54. The summed E-state index contributed by atoms with van der Waals surface area (Å²) in [5, 5.41) is 10.1. The van der Waals surface area contributed by atoms with Crippen molar-refractivity contribution >= 4 is 23.6 Å². The highest BCUT2D eigenvalue weighted by Crippen LogP contribution is 2.26. The van der Waals surface area contributed by atoms with Crippen molar-refractivity contribution in [1.82, 2.24) is 15.1 Å². The molecule has 1 heterocycles. The third-order valence-electron chi connectivity index (χ3n) is 5.28. The molecular weight excluding hydrogens is 440 g/mol. The first-order chi connectivity index (χ1) is 17.0. The molecule has 0 unspecified atom stereocenters. The molecule has 0 bridgehead atoms. The van der Waals surface area contributed by atoms with E-state index in [0.717, 1.165) is 28.1 Å². The van der Waals surface area contributed by atoms with Gasteiger partial charge in [-0.2, -0.15) is 5.10 Å². The van der Waals surface area contributed by atoms with Gasteiger partial charge in [0.1, 0.15) is 5.75 Å². The predicted molar refractivity (Wildman–Crippen MR) is 137 cm³/mol. The number of anilines is 1. The van der Waals surface area contributed by atoms with Gasteiger partial charge in [0.25, 0.3) is 0 Å². The zero-order valence-corrected chi connectivity index (χ0v) is 19.6. The highest BCUT2D eigenvalue weighted by Gasteiger charge is 2.12. The Balaban J connectivity index is 1.45. The Morgan fingerprint density at radius 2 is 1.71 bits per heavy atom. The van der Waals surface area contributed by atoms with Crippen LogP contribution in [-0.4, -0.2) is 35.2 Å². The molecule has 2 amide bonds. The maximum Gasteiger partial charge on any atom is 0.244 e. The second kappa shape index (κ2) is 11.0. The van der Waals surface area contributed by atoms with Crippen molar-refractivity contribution in [2.75, 3.05) is 19.0 Å². The van der Waals surface area contributed by atoms with Crippen LogP contribution >= 0.6 is 0 Å². The Morgan fingerprint density at radius 1 is 1.00 bits per heavy atom. The largest absolute Gasteiger partial charge is 0.495 e. The summed E-state index contributed by atoms with van der Waals surface area (Å²) in [6.07, 6.45) is 4.98. The summed E-state index contributed by atoms with van der Waals surface area (Å²) in [5.41, 5.74) is 4.93. The number of ether oxygens (including phenoxy) is 1. The number of methoxy groups -OCH3 is 1. The summed E-state index contributed by atoms with van der Waals surface area (Å²) in [4.78, 5) is 24.8. The molecule has 0 atom stereocenters. The number of aromatic nitrogens is 2. The first-order valence-electron chi connectivity index (χ1n) is 11.1. The molecule has 1 aromatic heterocycles. The number of hydrogen-bond donors (Lipinski definition) is 2. The molecule has 0 saturated heterocycles. The van der Waals surface area contributed by atoms with Gasteiger partial charge < -0.3 is 15.4 Å². The van der Waals surface area contributed by atoms with Crippen LogP contribution in [0.4, 0.5) is 5.69 Å². The molecule has 35 heavy (non-hydrogen) atoms. The number of nitrogens with one attached hydrogen (secondary N) is 2. The lowest BCUT2D eigenvalue weighted by atomic mass is 10.1. The summed E-state index contributed by atoms with van der Waals surface area (Å²) < 4.78 is 7.06. The molecule has 0 fully saturated rings. The van der Waals surface area contributed by atoms with E-state index in [2.05, 4.69) is 10.6 Å². The van der Waals surface area contributed by atoms with Crippen molar-refractivity contribution in [3.63, 3.8) is 0 Å². The number of nitrogens with zero attached hydrogens (tertiary/aromatic N) is 2. The molecule has 0 saturated carbocycles. The van der Waals surface area contributed by atoms with Gasteiger partial charge in [0.15, 0.2) is 0 Å². The number of carbonyl (C=O) groups is 2. The van der Waals surface area contributed by atoms with Crippen LogP contribution in [0.25, 0.3) is 23.0 Å². The average Bonchev–Trinajstić information content (AvgIpc) is 3.32. The minimum absolute atomic E-state index is 0.172. The van der Waals surface area contributed by atoms with Crippen LogP contribution in [0.1, 0.15) is 11.1 Å². The molecule has 3 aromatic carbocycles. The summed E-state index contributed by atoms with van der Waals surface area (Å²) in [5.74, 6) is -0.181. The fraction of sp³-hybridized carbons (Fsp3) is 0.107. The Hall–Kier alpha value is -4.65. The van der Waals surface area contributed by atoms with Gasteiger partial charge in [-0.05, 0) is 42.8 Å². The number of carbonyl (C=O) groups excluding carboxylic acids is 2. The van der Waals surface area contributed by atoms with Gasteiger partial charge in [-0.1, -0.05) is 54.6 Å². The van der Waals surface area contributed by atoms with Gasteiger partial charge in [0.2, 0.25) is 11.8 Å². The van der Waals surface area contributed by atoms with E-state index >= 15 is 0 Å². The number of para-hydroxylation sites is 1. The van der Waals surface area contributed by atoms with Crippen LogP contribution in [-0.2, 0) is 9.59 Å². The van der Waals surface area contributed by atoms with Gasteiger partial charge in [-0.3, -0.25) is 9.59 Å². The lowest BCUT2D eigenvalue weighted by molar-refractivity contribution is -0.121. The highest BCUT2D eigenvalue weighted by molar-refractivity contribution is 5.99. The van der Waals surface area contributed by atoms with Crippen LogP contribution in [0, 0.1) is 6.92 Å². The molecule has 2 N–H and O–H groups in total. The molecule has 7 nitrogen and oxygen atoms in total. The van der Waals surface area contributed by atoms with Gasteiger partial charge in [-0.25, -0.2) is 4.68 Å². The van der Waals surface area contributed by atoms with Crippen LogP contribution in [0.5, 0.6) is 5.75 Å². The van der Waals surface area contributed by atoms with E-state index in [4.69, 9.17) is 9.84 Å². The minimum Gasteiger partial charge on any atom is -0.495 e. The fourth-order valence-electron chi connectivity index (χ4n) is 3.55. The maximum absolute atomic E-state index is 12.4. The fourth-order valence-corrected chi connectivity index (χ4v) is 3.55. The SMILES string of the molecule is COc1ccc(C)cc1NC(=O)CNC(=O)/C=C/c1cn(-c2ccccc2)nc1-c1ccccc1. The normalized spacial score (nSPS) is 10.8. The molecular formula is C28H26N4O3. The van der Waals surface area contributed by atoms with E-state index in [1.165, 1.54) is 13.2 Å². The molecule has 4 rings (SSSR count). The van der Waals surface area contributed by atoms with Crippen molar-refractivity contribution in [3.05, 3.63) is 102 Å². The number of amides is 2. The van der Waals surface area contributed by atoms with Crippen LogP contribution in [0.3, 0.4) is 0 Å². The molecule has 0 aliphatic carbocycles. The Kier molecular flexibility index (Phi) is 7.37. The highest BCUT2D eigenvalue weighted by atomic mass is 16.5. The van der Waals surface area contributed by atoms with Crippen molar-refractivity contribution in [1.29, 1.82) is 0 Å². The minimum atomic E-state index is -0.386. The van der Waals surface area contributed by atoms with Gasteiger partial charge in [0, 0.05) is 23.4 Å². The molecule has 0 aliphatic heterocycles. The molecule has 4 aromatic rings. The zero-order chi connectivity index (χ0) is 24.6. The second-order valence-electron chi connectivity index (χ2n) is 7.88. The summed E-state index contributed by atoms with van der Waals surface area (Å²) >= 11 is 0. The van der Waals surface area contributed by atoms with E-state index in [9.17, 15) is 9.59 Å². The van der Waals surface area contributed by atoms with Gasteiger partial charge in [0.05, 0.1) is 30.7 Å². The first-order valence-corrected chi connectivity index (χ1v) is 11.1. The lowest BCUT2D eigenvalue weighted by Gasteiger charge is -2.11. The van der Waals surface area contributed by atoms with Crippen molar-refractivity contribution < 1.29 is 14.3 Å². The van der Waals surface area contributed by atoms with E-state index in [0.29, 0.717) is 11.4 Å². The third kappa shape index (κ3) is 6.03. The third-order valence-corrected chi connectivity index (χ3v) is 5.28. The van der Waals surface area contributed by atoms with Gasteiger partial charge >= 0.3 is 0 Å². The zero-order valence-electron chi connectivity index (χ0n) is 19.6. The van der Waals surface area contributed by atoms with E-state index in [1.807, 2.05) is 85.9 Å². The molecule has 176 valence electrons. The Bertz CT molecular complexity index is 1350. The van der Waals surface area contributed by atoms with Crippen molar-refractivity contribution in [3.8, 4) is 22.7 Å². The Labute approximate surface area is 204 Å². The van der Waals surface area contributed by atoms with Crippen LogP contribution < -0.4 is 15.4 Å². The summed E-state index contributed by atoms with van der Waals surface area (Å²) in [6.45, 7) is 1.75. The topological polar surface area (TPSA) is 85.3 Å². The second-order valence-corrected chi connectivity index (χ2v) is 7.88.